The molecule has 0 aliphatic rings. The van der Waals surface area contributed by atoms with Crippen LogP contribution >= 0.6 is 0 Å². The van der Waals surface area contributed by atoms with Crippen molar-refractivity contribution in [2.24, 2.45) is 20.5 Å². The molecule has 2 aromatic carbocycles. The molecule has 5 heterocycles. The van der Waals surface area contributed by atoms with Gasteiger partial charge < -0.3 is 31.9 Å². The van der Waals surface area contributed by atoms with Crippen molar-refractivity contribution in [3.05, 3.63) is 112 Å². The van der Waals surface area contributed by atoms with E-state index in [9.17, 15) is 44.9 Å². The fourth-order valence-electron chi connectivity index (χ4n) is 5.76. The van der Waals surface area contributed by atoms with Gasteiger partial charge in [0.15, 0.2) is 46.3 Å². The summed E-state index contributed by atoms with van der Waals surface area (Å²) in [6.07, 6.45) is 4.89. The van der Waals surface area contributed by atoms with Crippen LogP contribution in [0.25, 0.3) is 27.9 Å². The highest BCUT2D eigenvalue weighted by Crippen LogP contribution is 2.36. The number of aromatic carboxylic acids is 4. The molecule has 0 fully saturated rings. The average Bonchev–Trinajstić information content (AvgIpc) is 4.01. The van der Waals surface area contributed by atoms with E-state index >= 15 is 0 Å². The first-order valence-electron chi connectivity index (χ1n) is 17.1. The molecule has 0 aliphatic heterocycles. The third-order valence-corrected chi connectivity index (χ3v) is 8.70. The van der Waals surface area contributed by atoms with Crippen LogP contribution in [0.5, 0.6) is 0 Å². The molecular formula is C36H24N18O8. The first kappa shape index (κ1) is 40.2. The smallest absolute Gasteiger partial charge is 0.335 e. The Morgan fingerprint density at radius 2 is 1.03 bits per heavy atom. The van der Waals surface area contributed by atoms with E-state index in [0.717, 1.165) is 58.2 Å². The van der Waals surface area contributed by atoms with E-state index in [1.54, 1.807) is 13.8 Å². The second kappa shape index (κ2) is 15.8. The van der Waals surface area contributed by atoms with Gasteiger partial charge in [-0.1, -0.05) is 0 Å². The highest BCUT2D eigenvalue weighted by Gasteiger charge is 2.22. The number of benzene rings is 2. The molecule has 5 aromatic heterocycles. The van der Waals surface area contributed by atoms with Gasteiger partial charge in [-0.05, 0) is 50.2 Å². The van der Waals surface area contributed by atoms with Gasteiger partial charge in [-0.25, -0.2) is 43.4 Å². The van der Waals surface area contributed by atoms with Gasteiger partial charge in [-0.2, -0.15) is 35.0 Å². The van der Waals surface area contributed by atoms with Crippen molar-refractivity contribution in [2.45, 2.75) is 13.8 Å². The number of hydrogen-bond acceptors (Lipinski definition) is 17. The van der Waals surface area contributed by atoms with Gasteiger partial charge in [0.25, 0.3) is 5.69 Å². The Hall–Kier alpha value is -9.98. The van der Waals surface area contributed by atoms with Gasteiger partial charge in [-0.3, -0.25) is 0 Å². The van der Waals surface area contributed by atoms with E-state index in [4.69, 9.17) is 18.0 Å². The zero-order chi connectivity index (χ0) is 44.6. The molecule has 62 heavy (non-hydrogen) atoms. The van der Waals surface area contributed by atoms with Crippen LogP contribution in [-0.4, -0.2) is 93.4 Å². The third kappa shape index (κ3) is 7.33. The number of azo groups is 2. The normalized spacial score (nSPS) is 11.2. The first-order valence-corrected chi connectivity index (χ1v) is 17.1. The first-order chi connectivity index (χ1) is 29.6. The number of carboxylic acid groups (broad SMARTS) is 4. The summed E-state index contributed by atoms with van der Waals surface area (Å²) in [4.78, 5) is 59.0. The quantitative estimate of drug-likeness (QED) is 0.0692. The van der Waals surface area contributed by atoms with Gasteiger partial charge in [-0.15, -0.1) is 20.5 Å². The Morgan fingerprint density at radius 3 is 1.42 bits per heavy atom. The zero-order valence-corrected chi connectivity index (χ0v) is 31.5. The number of aryl methyl sites for hydroxylation is 2. The van der Waals surface area contributed by atoms with Crippen molar-refractivity contribution >= 4 is 64.2 Å². The number of nitrogens with two attached hydrogens (primary N) is 2. The molecule has 7 rings (SSSR count). The molecule has 26 nitrogen and oxygen atoms in total. The number of rotatable bonds is 12. The van der Waals surface area contributed by atoms with Gasteiger partial charge >= 0.3 is 23.9 Å². The Labute approximate surface area is 344 Å². The summed E-state index contributed by atoms with van der Waals surface area (Å²) in [7, 11) is 0. The lowest BCUT2D eigenvalue weighted by Crippen LogP contribution is -2.08. The maximum Gasteiger partial charge on any atom is 0.335 e. The molecule has 0 aliphatic carbocycles. The van der Waals surface area contributed by atoms with Gasteiger partial charge in [0, 0.05) is 0 Å². The largest absolute Gasteiger partial charge is 0.478 e. The fraction of sp³-hybridized carbons (Fsp3) is 0.0556. The average molecular weight is 837 g/mol. The molecule has 306 valence electrons. The van der Waals surface area contributed by atoms with Crippen molar-refractivity contribution in [1.29, 1.82) is 5.26 Å². The maximum absolute atomic E-state index is 11.7. The van der Waals surface area contributed by atoms with Crippen LogP contribution < -0.4 is 11.5 Å². The number of carbonyl (C=O) groups is 4. The molecule has 0 amide bonds. The molecule has 0 saturated heterocycles. The summed E-state index contributed by atoms with van der Waals surface area (Å²) >= 11 is 0. The van der Waals surface area contributed by atoms with E-state index in [2.05, 4.69) is 55.7 Å². The van der Waals surface area contributed by atoms with E-state index in [0.29, 0.717) is 0 Å². The number of carboxylic acids is 4. The predicted octanol–water partition coefficient (Wildman–Crippen LogP) is 5.05. The lowest BCUT2D eigenvalue weighted by Gasteiger charge is -2.08. The molecule has 0 saturated carbocycles. The van der Waals surface area contributed by atoms with Crippen molar-refractivity contribution < 1.29 is 39.6 Å². The molecule has 0 atom stereocenters. The second-order valence-corrected chi connectivity index (χ2v) is 12.6. The van der Waals surface area contributed by atoms with Crippen molar-refractivity contribution in [1.82, 2.24) is 49.1 Å². The number of hydrogen-bond donors (Lipinski definition) is 6. The minimum absolute atomic E-state index is 0.0102. The molecule has 0 spiro atoms. The molecule has 26 heteroatoms. The topological polar surface area (TPSA) is 376 Å². The molecule has 0 radical (unpaired) electrons. The van der Waals surface area contributed by atoms with Crippen molar-refractivity contribution in [3.63, 3.8) is 0 Å². The van der Waals surface area contributed by atoms with E-state index in [-0.39, 0.29) is 103 Å². The molecule has 0 bridgehead atoms. The number of anilines is 2. The minimum atomic E-state index is -1.39. The van der Waals surface area contributed by atoms with E-state index in [1.807, 2.05) is 6.07 Å². The molecular weight excluding hydrogens is 813 g/mol. The Kier molecular flexibility index (Phi) is 10.2. The lowest BCUT2D eigenvalue weighted by molar-refractivity contribution is 0.0676. The van der Waals surface area contributed by atoms with Crippen molar-refractivity contribution in [3.8, 4) is 29.1 Å². The maximum atomic E-state index is 11.7. The highest BCUT2D eigenvalue weighted by molar-refractivity contribution is 5.96. The van der Waals surface area contributed by atoms with Gasteiger partial charge in [0.05, 0.1) is 76.4 Å². The number of nitrogens with zero attached hydrogens (tertiary/aromatic N) is 16. The Balaban J connectivity index is 1.17. The summed E-state index contributed by atoms with van der Waals surface area (Å²) in [5, 5.41) is 81.5. The van der Waals surface area contributed by atoms with Crippen LogP contribution in [0, 0.1) is 31.8 Å². The Morgan fingerprint density at radius 1 is 0.629 bits per heavy atom. The fourth-order valence-corrected chi connectivity index (χ4v) is 5.76. The molecule has 8 N–H and O–H groups in total. The van der Waals surface area contributed by atoms with Crippen LogP contribution in [0.15, 0.2) is 81.6 Å². The summed E-state index contributed by atoms with van der Waals surface area (Å²) in [5.74, 6) is -5.75. The second-order valence-electron chi connectivity index (χ2n) is 12.6. The highest BCUT2D eigenvalue weighted by atomic mass is 16.4. The molecule has 0 unspecified atom stereocenters. The summed E-state index contributed by atoms with van der Waals surface area (Å²) in [5.41, 5.74) is 11.9. The summed E-state index contributed by atoms with van der Waals surface area (Å²) in [6, 6.07) is 8.48. The van der Waals surface area contributed by atoms with Crippen molar-refractivity contribution in [2.75, 3.05) is 11.5 Å². The van der Waals surface area contributed by atoms with Gasteiger partial charge in [0.1, 0.15) is 11.6 Å². The summed E-state index contributed by atoms with van der Waals surface area (Å²) in [6.45, 7) is 10.7. The number of nitriles is 1. The van der Waals surface area contributed by atoms with Crippen LogP contribution in [0.3, 0.4) is 0 Å². The zero-order valence-electron chi connectivity index (χ0n) is 31.5. The minimum Gasteiger partial charge on any atom is -0.478 e. The monoisotopic (exact) mass is 836 g/mol. The summed E-state index contributed by atoms with van der Waals surface area (Å²) < 4.78 is 4.53. The third-order valence-electron chi connectivity index (χ3n) is 8.70. The van der Waals surface area contributed by atoms with Crippen LogP contribution in [0.4, 0.5) is 40.3 Å². The number of nitrogen functional groups attached to an aromatic ring is 2. The Bertz CT molecular complexity index is 2900. The standard InChI is InChI=1S/C36H24N18O8/c1-15-27(45-47-31-21(10-37)11-43-51(31)22-6-17(33(55)56)4-18(7-22)34(57)58)29(38)53(49-15)25-13-42-26(14-41-25)54-30(39)28(16(2)50-54)46-48-32-24(40-3)12-44-52(32)23-8-19(35(59)60)5-20(9-23)36(61)62/h4-9,11-14H,38-39H2,1-2H3,(H,55,56)(H,57,58)(H,59,60)(H,61,62)/b47-45+,48-46+. The lowest BCUT2D eigenvalue weighted by atomic mass is 10.1. The van der Waals surface area contributed by atoms with Crippen LogP contribution in [0.1, 0.15) is 58.4 Å². The molecule has 7 aromatic rings. The van der Waals surface area contributed by atoms with E-state index < -0.39 is 23.9 Å². The van der Waals surface area contributed by atoms with Gasteiger partial charge in [0.2, 0.25) is 0 Å². The SMILES string of the molecule is [C-]#[N+]c1cnn(-c2cc(C(=O)O)cc(C(=O)O)c2)c1/N=N/c1c(C)nn(-c2cnc(-n3nc(C)c(/N=N/c4c(C#N)cnn4-c4cc(C(=O)O)cc(C(=O)O)c4)c3N)cn2)c1N. The van der Waals surface area contributed by atoms with Crippen LogP contribution in [-0.2, 0) is 0 Å². The number of aromatic nitrogens is 10. The van der Waals surface area contributed by atoms with Crippen LogP contribution in [0.2, 0.25) is 0 Å². The predicted molar refractivity (Wildman–Crippen MR) is 209 cm³/mol. The van der Waals surface area contributed by atoms with E-state index in [1.165, 1.54) is 21.8 Å².